The van der Waals surface area contributed by atoms with Crippen LogP contribution in [0.25, 0.3) is 5.57 Å². The molecule has 1 nitrogen and oxygen atoms in total. The van der Waals surface area contributed by atoms with Gasteiger partial charge in [-0.3, -0.25) is 0 Å². The fourth-order valence-corrected chi connectivity index (χ4v) is 3.21. The second kappa shape index (κ2) is 7.96. The van der Waals surface area contributed by atoms with Crippen LogP contribution in [0.4, 0.5) is 0 Å². The molecule has 1 aliphatic carbocycles. The summed E-state index contributed by atoms with van der Waals surface area (Å²) in [6, 6.07) is 21.2. The Balaban J connectivity index is 1.81. The van der Waals surface area contributed by atoms with Gasteiger partial charge in [0.25, 0.3) is 0 Å². The number of hydrogen-bond donors (Lipinski definition) is 1. The molecular formula is C24H25N. The first-order valence-electron chi connectivity index (χ1n) is 8.81. The molecule has 3 rings (SSSR count). The Morgan fingerprint density at radius 1 is 0.960 bits per heavy atom. The van der Waals surface area contributed by atoms with Crippen LogP contribution >= 0.6 is 0 Å². The molecule has 0 spiro atoms. The van der Waals surface area contributed by atoms with E-state index in [1.165, 1.54) is 29.5 Å². The summed E-state index contributed by atoms with van der Waals surface area (Å²) in [6.07, 6.45) is 10.4. The maximum absolute atomic E-state index is 3.97. The van der Waals surface area contributed by atoms with E-state index in [9.17, 15) is 0 Å². The molecule has 0 unspecified atom stereocenters. The zero-order valence-electron chi connectivity index (χ0n) is 14.6. The molecule has 25 heavy (non-hydrogen) atoms. The molecule has 1 heteroatoms. The molecule has 0 aromatic heterocycles. The maximum atomic E-state index is 3.97. The number of benzene rings is 2. The first-order chi connectivity index (χ1) is 12.3. The Bertz CT molecular complexity index is 777. The van der Waals surface area contributed by atoms with Crippen molar-refractivity contribution in [1.29, 1.82) is 0 Å². The summed E-state index contributed by atoms with van der Waals surface area (Å²) < 4.78 is 0. The monoisotopic (exact) mass is 327 g/mol. The van der Waals surface area contributed by atoms with E-state index in [0.29, 0.717) is 0 Å². The van der Waals surface area contributed by atoms with E-state index in [1.807, 2.05) is 24.3 Å². The minimum atomic E-state index is 0.149. The Kier molecular flexibility index (Phi) is 5.47. The molecule has 0 radical (unpaired) electrons. The summed E-state index contributed by atoms with van der Waals surface area (Å²) in [6.45, 7) is 8.61. The van der Waals surface area contributed by atoms with Crippen molar-refractivity contribution in [1.82, 2.24) is 5.32 Å². The third-order valence-corrected chi connectivity index (χ3v) is 4.74. The van der Waals surface area contributed by atoms with Crippen molar-refractivity contribution in [2.75, 3.05) is 6.54 Å². The second-order valence-electron chi connectivity index (χ2n) is 6.37. The fourth-order valence-electron chi connectivity index (χ4n) is 3.21. The average Bonchev–Trinajstić information content (AvgIpc) is 3.46. The SMILES string of the molecule is C=C/C=C(C=C)/C(=C/CNC1(c2ccccc2)CC1)c1ccccc1. The van der Waals surface area contributed by atoms with Crippen molar-refractivity contribution in [2.45, 2.75) is 18.4 Å². The Labute approximate surface area is 151 Å². The van der Waals surface area contributed by atoms with Gasteiger partial charge in [0.15, 0.2) is 0 Å². The number of hydrogen-bond acceptors (Lipinski definition) is 1. The summed E-state index contributed by atoms with van der Waals surface area (Å²) >= 11 is 0. The van der Waals surface area contributed by atoms with Gasteiger partial charge in [-0.25, -0.2) is 0 Å². The van der Waals surface area contributed by atoms with E-state index in [4.69, 9.17) is 0 Å². The predicted molar refractivity (Wildman–Crippen MR) is 108 cm³/mol. The molecule has 126 valence electrons. The zero-order chi connectivity index (χ0) is 17.5. The highest BCUT2D eigenvalue weighted by Gasteiger charge is 2.43. The minimum Gasteiger partial charge on any atom is -0.304 e. The van der Waals surface area contributed by atoms with Crippen LogP contribution in [0.5, 0.6) is 0 Å². The van der Waals surface area contributed by atoms with E-state index in [1.54, 1.807) is 0 Å². The summed E-state index contributed by atoms with van der Waals surface area (Å²) in [4.78, 5) is 0. The molecule has 0 amide bonds. The predicted octanol–water partition coefficient (Wildman–Crippen LogP) is 5.65. The third-order valence-electron chi connectivity index (χ3n) is 4.74. The summed E-state index contributed by atoms with van der Waals surface area (Å²) in [5, 5.41) is 3.74. The lowest BCUT2D eigenvalue weighted by Crippen LogP contribution is -2.29. The van der Waals surface area contributed by atoms with Gasteiger partial charge in [0.2, 0.25) is 0 Å². The van der Waals surface area contributed by atoms with Gasteiger partial charge < -0.3 is 5.32 Å². The fraction of sp³-hybridized carbons (Fsp3) is 0.167. The van der Waals surface area contributed by atoms with Crippen LogP contribution in [0.15, 0.2) is 104 Å². The molecule has 0 bridgehead atoms. The molecule has 1 N–H and O–H groups in total. The topological polar surface area (TPSA) is 12.0 Å². The molecule has 1 aliphatic rings. The molecule has 0 heterocycles. The molecular weight excluding hydrogens is 302 g/mol. The first-order valence-corrected chi connectivity index (χ1v) is 8.81. The summed E-state index contributed by atoms with van der Waals surface area (Å²) in [5.74, 6) is 0. The van der Waals surface area contributed by atoms with Gasteiger partial charge in [0, 0.05) is 12.1 Å². The Morgan fingerprint density at radius 2 is 1.60 bits per heavy atom. The van der Waals surface area contributed by atoms with Crippen molar-refractivity contribution >= 4 is 5.57 Å². The minimum absolute atomic E-state index is 0.149. The largest absolute Gasteiger partial charge is 0.304 e. The molecule has 1 fully saturated rings. The van der Waals surface area contributed by atoms with Crippen molar-refractivity contribution in [2.24, 2.45) is 0 Å². The number of rotatable bonds is 8. The molecule has 2 aromatic carbocycles. The number of allylic oxidation sites excluding steroid dienone is 5. The maximum Gasteiger partial charge on any atom is 0.0438 e. The first kappa shape index (κ1) is 17.2. The summed E-state index contributed by atoms with van der Waals surface area (Å²) in [7, 11) is 0. The van der Waals surface area contributed by atoms with Crippen LogP contribution in [-0.2, 0) is 5.54 Å². The van der Waals surface area contributed by atoms with Crippen molar-refractivity contribution in [3.8, 4) is 0 Å². The highest BCUT2D eigenvalue weighted by molar-refractivity contribution is 5.82. The standard InChI is InChI=1S/C24H25N/c1-3-11-20(4-2)23(21-12-7-5-8-13-21)16-19-25-24(17-18-24)22-14-9-6-10-15-22/h3-16,25H,1-2,17-19H2/b20-11+,23-16-. The van der Waals surface area contributed by atoms with Crippen LogP contribution in [0.1, 0.15) is 24.0 Å². The highest BCUT2D eigenvalue weighted by Crippen LogP contribution is 2.45. The third kappa shape index (κ3) is 4.07. The van der Waals surface area contributed by atoms with Gasteiger partial charge in [-0.2, -0.15) is 0 Å². The van der Waals surface area contributed by atoms with Gasteiger partial charge in [0.1, 0.15) is 0 Å². The lowest BCUT2D eigenvalue weighted by molar-refractivity contribution is 0.556. The highest BCUT2D eigenvalue weighted by atomic mass is 15.0. The summed E-state index contributed by atoms with van der Waals surface area (Å²) in [5.41, 5.74) is 5.01. The smallest absolute Gasteiger partial charge is 0.0438 e. The van der Waals surface area contributed by atoms with Gasteiger partial charge in [-0.05, 0) is 35.1 Å². The molecule has 1 saturated carbocycles. The Morgan fingerprint density at radius 3 is 2.16 bits per heavy atom. The van der Waals surface area contributed by atoms with E-state index in [-0.39, 0.29) is 5.54 Å². The normalized spacial score (nSPS) is 16.3. The van der Waals surface area contributed by atoms with Crippen LogP contribution in [-0.4, -0.2) is 6.54 Å². The van der Waals surface area contributed by atoms with E-state index in [2.05, 4.69) is 79.1 Å². The van der Waals surface area contributed by atoms with Gasteiger partial charge in [-0.1, -0.05) is 98.1 Å². The van der Waals surface area contributed by atoms with Crippen LogP contribution in [0.3, 0.4) is 0 Å². The Hall–Kier alpha value is -2.64. The van der Waals surface area contributed by atoms with Crippen LogP contribution in [0, 0.1) is 0 Å². The average molecular weight is 327 g/mol. The van der Waals surface area contributed by atoms with Crippen LogP contribution < -0.4 is 5.32 Å². The van der Waals surface area contributed by atoms with Crippen molar-refractivity contribution in [3.05, 3.63) is 115 Å². The van der Waals surface area contributed by atoms with Crippen molar-refractivity contribution in [3.63, 3.8) is 0 Å². The van der Waals surface area contributed by atoms with E-state index < -0.39 is 0 Å². The molecule has 0 saturated heterocycles. The lowest BCUT2D eigenvalue weighted by atomic mass is 9.96. The molecule has 0 atom stereocenters. The quantitative estimate of drug-likeness (QED) is 0.618. The van der Waals surface area contributed by atoms with E-state index in [0.717, 1.165) is 12.1 Å². The molecule has 0 aliphatic heterocycles. The number of nitrogens with one attached hydrogen (secondary N) is 1. The van der Waals surface area contributed by atoms with E-state index >= 15 is 0 Å². The zero-order valence-corrected chi connectivity index (χ0v) is 14.6. The molecule has 2 aromatic rings. The lowest BCUT2D eigenvalue weighted by Gasteiger charge is -2.17. The van der Waals surface area contributed by atoms with Gasteiger partial charge >= 0.3 is 0 Å². The second-order valence-corrected chi connectivity index (χ2v) is 6.37. The van der Waals surface area contributed by atoms with Crippen molar-refractivity contribution < 1.29 is 0 Å². The van der Waals surface area contributed by atoms with Gasteiger partial charge in [0.05, 0.1) is 0 Å². The van der Waals surface area contributed by atoms with Gasteiger partial charge in [-0.15, -0.1) is 0 Å². The van der Waals surface area contributed by atoms with Crippen LogP contribution in [0.2, 0.25) is 0 Å².